The average molecular weight is 228 g/mol. The highest BCUT2D eigenvalue weighted by Crippen LogP contribution is 2.24. The van der Waals surface area contributed by atoms with Gasteiger partial charge in [-0.3, -0.25) is 4.90 Å². The van der Waals surface area contributed by atoms with Crippen molar-refractivity contribution in [1.82, 2.24) is 10.2 Å². The maximum Gasteiger partial charge on any atom is 0.0617 e. The molecule has 1 aliphatic carbocycles. The molecule has 1 N–H and O–H groups in total. The molecule has 0 aromatic rings. The van der Waals surface area contributed by atoms with Crippen LogP contribution in [0.25, 0.3) is 0 Å². The van der Waals surface area contributed by atoms with Crippen LogP contribution in [0.4, 0.5) is 0 Å². The van der Waals surface area contributed by atoms with Gasteiger partial charge < -0.3 is 10.1 Å². The largest absolute Gasteiger partial charge is 0.383 e. The minimum absolute atomic E-state index is 0.584. The van der Waals surface area contributed by atoms with Gasteiger partial charge in [0.05, 0.1) is 6.61 Å². The van der Waals surface area contributed by atoms with Crippen LogP contribution in [0, 0.1) is 0 Å². The Morgan fingerprint density at radius 3 is 2.38 bits per heavy atom. The van der Waals surface area contributed by atoms with E-state index in [0.717, 1.165) is 18.7 Å². The van der Waals surface area contributed by atoms with Gasteiger partial charge in [-0.1, -0.05) is 6.92 Å². The third kappa shape index (κ3) is 3.72. The monoisotopic (exact) mass is 228 g/mol. The molecule has 3 heteroatoms. The Kier molecular flexibility index (Phi) is 6.32. The number of rotatable bonds is 6. The molecule has 0 saturated heterocycles. The molecule has 1 aliphatic rings. The molecule has 0 amide bonds. The molecular formula is C13H28N2O. The Bertz CT molecular complexity index is 179. The highest BCUT2D eigenvalue weighted by atomic mass is 16.5. The second-order valence-corrected chi connectivity index (χ2v) is 4.98. The molecule has 1 fully saturated rings. The van der Waals surface area contributed by atoms with Gasteiger partial charge in [0.1, 0.15) is 0 Å². The smallest absolute Gasteiger partial charge is 0.0617 e. The molecular weight excluding hydrogens is 200 g/mol. The maximum absolute atomic E-state index is 5.30. The van der Waals surface area contributed by atoms with E-state index in [1.807, 2.05) is 0 Å². The zero-order valence-electron chi connectivity index (χ0n) is 11.3. The normalized spacial score (nSPS) is 28.3. The van der Waals surface area contributed by atoms with Crippen molar-refractivity contribution in [1.29, 1.82) is 0 Å². The second kappa shape index (κ2) is 7.25. The Labute approximate surface area is 101 Å². The number of nitrogens with zero attached hydrogens (tertiary/aromatic N) is 1. The summed E-state index contributed by atoms with van der Waals surface area (Å²) in [6, 6.07) is 2.08. The first-order chi connectivity index (χ1) is 7.72. The average Bonchev–Trinajstić information content (AvgIpc) is 2.35. The topological polar surface area (TPSA) is 24.5 Å². The standard InChI is InChI=1S/C13H28N2O/c1-5-12(10-16-4)15(3)13-8-6-11(14-2)7-9-13/h11-14H,5-10H2,1-4H3. The van der Waals surface area contributed by atoms with Crippen molar-refractivity contribution in [2.75, 3.05) is 27.8 Å². The molecule has 1 atom stereocenters. The van der Waals surface area contributed by atoms with Crippen LogP contribution in [-0.4, -0.2) is 50.8 Å². The van der Waals surface area contributed by atoms with E-state index in [0.29, 0.717) is 6.04 Å². The van der Waals surface area contributed by atoms with E-state index in [1.54, 1.807) is 7.11 Å². The summed E-state index contributed by atoms with van der Waals surface area (Å²) in [4.78, 5) is 2.54. The summed E-state index contributed by atoms with van der Waals surface area (Å²) < 4.78 is 5.30. The van der Waals surface area contributed by atoms with Gasteiger partial charge in [-0.2, -0.15) is 0 Å². The summed E-state index contributed by atoms with van der Waals surface area (Å²) in [6.07, 6.45) is 6.45. The quantitative estimate of drug-likeness (QED) is 0.751. The van der Waals surface area contributed by atoms with E-state index in [1.165, 1.54) is 32.1 Å². The van der Waals surface area contributed by atoms with Gasteiger partial charge in [-0.15, -0.1) is 0 Å². The zero-order chi connectivity index (χ0) is 12.0. The highest BCUT2D eigenvalue weighted by Gasteiger charge is 2.26. The molecule has 0 bridgehead atoms. The first-order valence-electron chi connectivity index (χ1n) is 6.61. The first kappa shape index (κ1) is 13.9. The van der Waals surface area contributed by atoms with E-state index in [4.69, 9.17) is 4.74 Å². The number of nitrogens with one attached hydrogen (secondary N) is 1. The predicted octanol–water partition coefficient (Wildman–Crippen LogP) is 1.87. The molecule has 1 unspecified atom stereocenters. The lowest BCUT2D eigenvalue weighted by Gasteiger charge is -2.38. The van der Waals surface area contributed by atoms with Crippen LogP contribution in [0.1, 0.15) is 39.0 Å². The summed E-state index contributed by atoms with van der Waals surface area (Å²) >= 11 is 0. The summed E-state index contributed by atoms with van der Waals surface area (Å²) in [5.41, 5.74) is 0. The number of methoxy groups -OCH3 is 1. The SMILES string of the molecule is CCC(COC)N(C)C1CCC(NC)CC1. The minimum atomic E-state index is 0.584. The molecule has 0 radical (unpaired) electrons. The van der Waals surface area contributed by atoms with E-state index < -0.39 is 0 Å². The van der Waals surface area contributed by atoms with Crippen molar-refractivity contribution >= 4 is 0 Å². The van der Waals surface area contributed by atoms with Crippen LogP contribution in [0.2, 0.25) is 0 Å². The lowest BCUT2D eigenvalue weighted by Crippen LogP contribution is -2.45. The van der Waals surface area contributed by atoms with Gasteiger partial charge in [0.25, 0.3) is 0 Å². The van der Waals surface area contributed by atoms with Gasteiger partial charge in [-0.25, -0.2) is 0 Å². The Morgan fingerprint density at radius 1 is 1.31 bits per heavy atom. The van der Waals surface area contributed by atoms with E-state index in [-0.39, 0.29) is 0 Å². The number of ether oxygens (including phenoxy) is 1. The third-order valence-electron chi connectivity index (χ3n) is 4.09. The van der Waals surface area contributed by atoms with Gasteiger partial charge in [-0.05, 0) is 46.2 Å². The van der Waals surface area contributed by atoms with Gasteiger partial charge in [0.2, 0.25) is 0 Å². The van der Waals surface area contributed by atoms with E-state index >= 15 is 0 Å². The van der Waals surface area contributed by atoms with Crippen molar-refractivity contribution in [2.45, 2.75) is 57.2 Å². The summed E-state index contributed by atoms with van der Waals surface area (Å²) in [5, 5.41) is 3.39. The van der Waals surface area contributed by atoms with Crippen LogP contribution in [0.15, 0.2) is 0 Å². The molecule has 96 valence electrons. The molecule has 0 heterocycles. The fourth-order valence-corrected chi connectivity index (χ4v) is 2.79. The van der Waals surface area contributed by atoms with Crippen LogP contribution in [0.5, 0.6) is 0 Å². The molecule has 0 aromatic carbocycles. The van der Waals surface area contributed by atoms with Gasteiger partial charge >= 0.3 is 0 Å². The van der Waals surface area contributed by atoms with E-state index in [2.05, 4.69) is 31.2 Å². The predicted molar refractivity (Wildman–Crippen MR) is 68.8 cm³/mol. The highest BCUT2D eigenvalue weighted by molar-refractivity contribution is 4.83. The zero-order valence-corrected chi connectivity index (χ0v) is 11.3. The van der Waals surface area contributed by atoms with E-state index in [9.17, 15) is 0 Å². The van der Waals surface area contributed by atoms with Crippen LogP contribution < -0.4 is 5.32 Å². The van der Waals surface area contributed by atoms with Crippen LogP contribution >= 0.6 is 0 Å². The molecule has 0 aromatic heterocycles. The van der Waals surface area contributed by atoms with Crippen molar-refractivity contribution < 1.29 is 4.74 Å². The lowest BCUT2D eigenvalue weighted by molar-refractivity contribution is 0.0614. The summed E-state index contributed by atoms with van der Waals surface area (Å²) in [6.45, 7) is 3.11. The number of hydrogen-bond donors (Lipinski definition) is 1. The Balaban J connectivity index is 2.39. The molecule has 1 saturated carbocycles. The molecule has 0 aliphatic heterocycles. The first-order valence-corrected chi connectivity index (χ1v) is 6.61. The maximum atomic E-state index is 5.30. The molecule has 3 nitrogen and oxygen atoms in total. The number of likely N-dealkylation sites (N-methyl/N-ethyl adjacent to an activating group) is 1. The van der Waals surface area contributed by atoms with Crippen LogP contribution in [-0.2, 0) is 4.74 Å². The van der Waals surface area contributed by atoms with Crippen molar-refractivity contribution in [2.24, 2.45) is 0 Å². The van der Waals surface area contributed by atoms with Gasteiger partial charge in [0.15, 0.2) is 0 Å². The lowest BCUT2D eigenvalue weighted by atomic mass is 9.89. The Hall–Kier alpha value is -0.120. The molecule has 1 rings (SSSR count). The molecule has 0 spiro atoms. The van der Waals surface area contributed by atoms with Crippen LogP contribution in [0.3, 0.4) is 0 Å². The molecule has 16 heavy (non-hydrogen) atoms. The van der Waals surface area contributed by atoms with Crippen molar-refractivity contribution in [3.8, 4) is 0 Å². The fraction of sp³-hybridized carbons (Fsp3) is 1.00. The van der Waals surface area contributed by atoms with Crippen molar-refractivity contribution in [3.63, 3.8) is 0 Å². The van der Waals surface area contributed by atoms with Crippen molar-refractivity contribution in [3.05, 3.63) is 0 Å². The minimum Gasteiger partial charge on any atom is -0.383 e. The van der Waals surface area contributed by atoms with Gasteiger partial charge in [0, 0.05) is 25.2 Å². The Morgan fingerprint density at radius 2 is 1.94 bits per heavy atom. The number of hydrogen-bond acceptors (Lipinski definition) is 3. The second-order valence-electron chi connectivity index (χ2n) is 4.98. The summed E-state index contributed by atoms with van der Waals surface area (Å²) in [7, 11) is 6.14. The fourth-order valence-electron chi connectivity index (χ4n) is 2.79. The third-order valence-corrected chi connectivity index (χ3v) is 4.09. The summed E-state index contributed by atoms with van der Waals surface area (Å²) in [5.74, 6) is 0.